The summed E-state index contributed by atoms with van der Waals surface area (Å²) in [6, 6.07) is 9.22. The topological polar surface area (TPSA) is 86.0 Å². The first kappa shape index (κ1) is 16.5. The summed E-state index contributed by atoms with van der Waals surface area (Å²) in [5, 5.41) is 9.66. The molecule has 0 fully saturated rings. The van der Waals surface area contributed by atoms with Crippen LogP contribution < -0.4 is 10.1 Å². The first-order valence-electron chi connectivity index (χ1n) is 7.53. The molecule has 0 bridgehead atoms. The Hall–Kier alpha value is -2.97. The van der Waals surface area contributed by atoms with Crippen LogP contribution in [0.4, 0.5) is 11.5 Å². The van der Waals surface area contributed by atoms with E-state index >= 15 is 0 Å². The second kappa shape index (κ2) is 7.11. The van der Waals surface area contributed by atoms with Gasteiger partial charge in [-0.1, -0.05) is 22.8 Å². The van der Waals surface area contributed by atoms with Crippen molar-refractivity contribution < 1.29 is 9.26 Å². The lowest BCUT2D eigenvalue weighted by molar-refractivity contribution is 0.415. The van der Waals surface area contributed by atoms with E-state index in [9.17, 15) is 0 Å². The number of methoxy groups -OCH3 is 1. The van der Waals surface area contributed by atoms with Gasteiger partial charge in [0.15, 0.2) is 0 Å². The van der Waals surface area contributed by atoms with Gasteiger partial charge in [-0.05, 0) is 29.6 Å². The zero-order chi connectivity index (χ0) is 17.9. The maximum absolute atomic E-state index is 6.18. The summed E-state index contributed by atoms with van der Waals surface area (Å²) in [7, 11) is 1.57. The fraction of sp³-hybridized carbons (Fsp3) is 0.0588. The van der Waals surface area contributed by atoms with Gasteiger partial charge in [-0.2, -0.15) is 4.98 Å². The lowest BCUT2D eigenvalue weighted by Crippen LogP contribution is -1.98. The third kappa shape index (κ3) is 3.24. The molecule has 7 nitrogen and oxygen atoms in total. The summed E-state index contributed by atoms with van der Waals surface area (Å²) < 4.78 is 10.6. The summed E-state index contributed by atoms with van der Waals surface area (Å²) in [4.78, 5) is 13.7. The number of halogens is 1. The summed E-state index contributed by atoms with van der Waals surface area (Å²) in [6.45, 7) is 0. The molecule has 0 radical (unpaired) electrons. The average Bonchev–Trinajstić information content (AvgIpc) is 3.34. The van der Waals surface area contributed by atoms with E-state index in [1.807, 2.05) is 23.6 Å². The van der Waals surface area contributed by atoms with Crippen LogP contribution in [0.2, 0.25) is 5.02 Å². The molecular weight excluding hydrogens is 374 g/mol. The number of nitrogens with zero attached hydrogens (tertiary/aromatic N) is 4. The maximum atomic E-state index is 6.18. The van der Waals surface area contributed by atoms with Crippen molar-refractivity contribution in [1.29, 1.82) is 0 Å². The van der Waals surface area contributed by atoms with Crippen molar-refractivity contribution in [3.8, 4) is 27.9 Å². The Morgan fingerprint density at radius 3 is 2.96 bits per heavy atom. The van der Waals surface area contributed by atoms with E-state index in [1.54, 1.807) is 25.4 Å². The van der Waals surface area contributed by atoms with Crippen LogP contribution in [0.1, 0.15) is 0 Å². The Bertz CT molecular complexity index is 1040. The minimum Gasteiger partial charge on any atom is -0.495 e. The van der Waals surface area contributed by atoms with Gasteiger partial charge in [0.05, 0.1) is 17.0 Å². The second-order valence-electron chi connectivity index (χ2n) is 5.16. The molecule has 4 rings (SSSR count). The number of anilines is 2. The van der Waals surface area contributed by atoms with Crippen molar-refractivity contribution in [3.63, 3.8) is 0 Å². The molecule has 26 heavy (non-hydrogen) atoms. The minimum absolute atomic E-state index is 0.330. The fourth-order valence-electron chi connectivity index (χ4n) is 2.31. The van der Waals surface area contributed by atoms with E-state index in [0.717, 1.165) is 10.6 Å². The van der Waals surface area contributed by atoms with Gasteiger partial charge in [0, 0.05) is 11.9 Å². The molecular formula is C17H12ClN5O2S. The number of aromatic nitrogens is 4. The maximum Gasteiger partial charge on any atom is 0.263 e. The van der Waals surface area contributed by atoms with E-state index in [-0.39, 0.29) is 0 Å². The van der Waals surface area contributed by atoms with E-state index in [0.29, 0.717) is 33.9 Å². The van der Waals surface area contributed by atoms with E-state index in [1.165, 1.54) is 17.7 Å². The molecule has 0 amide bonds. The largest absolute Gasteiger partial charge is 0.495 e. The predicted molar refractivity (Wildman–Crippen MR) is 99.9 cm³/mol. The molecule has 0 aliphatic carbocycles. The van der Waals surface area contributed by atoms with Gasteiger partial charge < -0.3 is 14.6 Å². The van der Waals surface area contributed by atoms with Gasteiger partial charge in [-0.15, -0.1) is 11.3 Å². The monoisotopic (exact) mass is 385 g/mol. The van der Waals surface area contributed by atoms with Gasteiger partial charge >= 0.3 is 0 Å². The zero-order valence-electron chi connectivity index (χ0n) is 13.5. The average molecular weight is 386 g/mol. The number of hydrogen-bond acceptors (Lipinski definition) is 8. The zero-order valence-corrected chi connectivity index (χ0v) is 15.1. The normalized spacial score (nSPS) is 10.7. The Morgan fingerprint density at radius 2 is 2.19 bits per heavy atom. The molecule has 130 valence electrons. The predicted octanol–water partition coefficient (Wildman–Crippen LogP) is 4.66. The van der Waals surface area contributed by atoms with E-state index in [2.05, 4.69) is 25.4 Å². The van der Waals surface area contributed by atoms with Crippen molar-refractivity contribution in [2.24, 2.45) is 0 Å². The summed E-state index contributed by atoms with van der Waals surface area (Å²) in [6.07, 6.45) is 3.06. The highest BCUT2D eigenvalue weighted by Crippen LogP contribution is 2.32. The van der Waals surface area contributed by atoms with Crippen LogP contribution in [0.15, 0.2) is 52.8 Å². The number of thiophene rings is 1. The third-order valence-corrected chi connectivity index (χ3v) is 4.69. The SMILES string of the molecule is COc1ccc(Nc2ncncc2-c2nc(-c3cccs3)no2)cc1Cl. The van der Waals surface area contributed by atoms with Crippen LogP contribution in [-0.4, -0.2) is 27.2 Å². The highest BCUT2D eigenvalue weighted by Gasteiger charge is 2.16. The lowest BCUT2D eigenvalue weighted by atomic mass is 10.2. The Balaban J connectivity index is 1.66. The van der Waals surface area contributed by atoms with Gasteiger partial charge in [0.2, 0.25) is 5.82 Å². The molecule has 3 heterocycles. The van der Waals surface area contributed by atoms with Gasteiger partial charge in [0.1, 0.15) is 23.5 Å². The quantitative estimate of drug-likeness (QED) is 0.534. The minimum atomic E-state index is 0.330. The molecule has 3 aromatic heterocycles. The number of nitrogens with one attached hydrogen (secondary N) is 1. The first-order valence-corrected chi connectivity index (χ1v) is 8.79. The number of benzene rings is 1. The van der Waals surface area contributed by atoms with Gasteiger partial charge in [0.25, 0.3) is 5.89 Å². The molecule has 0 saturated carbocycles. The van der Waals surface area contributed by atoms with Crippen LogP contribution in [0.5, 0.6) is 5.75 Å². The summed E-state index contributed by atoms with van der Waals surface area (Å²) in [5.74, 6) is 1.98. The van der Waals surface area contributed by atoms with E-state index < -0.39 is 0 Å². The molecule has 0 aliphatic rings. The standard InChI is InChI=1S/C17H12ClN5O2S/c1-24-13-5-4-10(7-12(13)18)21-15-11(8-19-9-20-15)17-22-16(23-25-17)14-3-2-6-26-14/h2-9H,1H3,(H,19,20,21). The number of ether oxygens (including phenoxy) is 1. The molecule has 0 spiro atoms. The molecule has 4 aromatic rings. The molecule has 0 aliphatic heterocycles. The Labute approximate surface area is 157 Å². The second-order valence-corrected chi connectivity index (χ2v) is 6.51. The summed E-state index contributed by atoms with van der Waals surface area (Å²) >= 11 is 7.71. The first-order chi connectivity index (χ1) is 12.7. The molecule has 1 aromatic carbocycles. The smallest absolute Gasteiger partial charge is 0.263 e. The Morgan fingerprint density at radius 1 is 1.27 bits per heavy atom. The van der Waals surface area contributed by atoms with Crippen LogP contribution in [-0.2, 0) is 0 Å². The summed E-state index contributed by atoms with van der Waals surface area (Å²) in [5.41, 5.74) is 1.34. The van der Waals surface area contributed by atoms with Crippen LogP contribution in [0.3, 0.4) is 0 Å². The molecule has 0 unspecified atom stereocenters. The van der Waals surface area contributed by atoms with Gasteiger partial charge in [-0.25, -0.2) is 9.97 Å². The third-order valence-electron chi connectivity index (χ3n) is 3.52. The lowest BCUT2D eigenvalue weighted by Gasteiger charge is -2.10. The highest BCUT2D eigenvalue weighted by atomic mass is 35.5. The Kier molecular flexibility index (Phi) is 4.51. The van der Waals surface area contributed by atoms with Crippen LogP contribution >= 0.6 is 22.9 Å². The fourth-order valence-corrected chi connectivity index (χ4v) is 3.21. The number of hydrogen-bond donors (Lipinski definition) is 1. The molecule has 0 saturated heterocycles. The molecule has 1 N–H and O–H groups in total. The number of rotatable bonds is 5. The van der Waals surface area contributed by atoms with Gasteiger partial charge in [-0.3, -0.25) is 0 Å². The van der Waals surface area contributed by atoms with Crippen molar-refractivity contribution in [1.82, 2.24) is 20.1 Å². The van der Waals surface area contributed by atoms with Crippen LogP contribution in [0, 0.1) is 0 Å². The molecule has 0 atom stereocenters. The molecule has 9 heteroatoms. The van der Waals surface area contributed by atoms with Crippen molar-refractivity contribution in [2.45, 2.75) is 0 Å². The van der Waals surface area contributed by atoms with E-state index in [4.69, 9.17) is 20.9 Å². The highest BCUT2D eigenvalue weighted by molar-refractivity contribution is 7.13. The van der Waals surface area contributed by atoms with Crippen molar-refractivity contribution >= 4 is 34.4 Å². The van der Waals surface area contributed by atoms with Crippen molar-refractivity contribution in [2.75, 3.05) is 12.4 Å². The van der Waals surface area contributed by atoms with Crippen molar-refractivity contribution in [3.05, 3.63) is 53.3 Å². The van der Waals surface area contributed by atoms with Crippen LogP contribution in [0.25, 0.3) is 22.2 Å².